The van der Waals surface area contributed by atoms with Gasteiger partial charge in [-0.2, -0.15) is 0 Å². The van der Waals surface area contributed by atoms with E-state index in [9.17, 15) is 4.79 Å². The number of rotatable bonds is 4. The van der Waals surface area contributed by atoms with Gasteiger partial charge in [-0.05, 0) is 48.9 Å². The lowest BCUT2D eigenvalue weighted by molar-refractivity contribution is -0.386. The van der Waals surface area contributed by atoms with Gasteiger partial charge in [0.15, 0.2) is 0 Å². The smallest absolute Gasteiger partial charge is 0.275 e. The molecule has 2 aromatic heterocycles. The fraction of sp³-hybridized carbons (Fsp3) is 0.115. The topological polar surface area (TPSA) is 118 Å². The highest BCUT2D eigenvalue weighted by Crippen LogP contribution is 2.31. The molecule has 8 heteroatoms. The molecule has 5 aromatic rings. The maximum absolute atomic E-state index is 12.9. The lowest BCUT2D eigenvalue weighted by Crippen LogP contribution is -2.47. The zero-order valence-electron chi connectivity index (χ0n) is 18.5. The van der Waals surface area contributed by atoms with E-state index in [0.717, 1.165) is 45.4 Å². The number of hydrogen-bond acceptors (Lipinski definition) is 4. The number of nitrogens with one attached hydrogen (secondary N) is 1. The molecule has 0 aliphatic carbocycles. The molecule has 3 aromatic carbocycles. The van der Waals surface area contributed by atoms with Crippen molar-refractivity contribution in [3.05, 3.63) is 98.9 Å². The standard InChI is InChI=1S/C24H19BrN4O.C2H4O2/c25-17-8-9-22-18(11-17)19(14-29(22)13-16-5-3-4-15(10-16)12-26)23-24(30)28-21-7-2-1-6-20(21)27-23;1-2(3)4/h1-11,14H,12-13,26H2,(H,28,30);1H3,(H,3,4). The Morgan fingerprint density at radius 2 is 1.82 bits per heavy atom. The van der Waals surface area contributed by atoms with Crippen LogP contribution in [0.4, 0.5) is 0 Å². The number of nitrogens with zero attached hydrogens (tertiary/aromatic N) is 2. The number of benzene rings is 3. The first kappa shape index (κ1) is 23.4. The summed E-state index contributed by atoms with van der Waals surface area (Å²) in [6.45, 7) is 2.44. The Bertz CT molecular complexity index is 1550. The van der Waals surface area contributed by atoms with E-state index in [1.54, 1.807) is 0 Å². The maximum atomic E-state index is 12.9. The van der Waals surface area contributed by atoms with E-state index in [4.69, 9.17) is 14.9 Å². The second-order valence-corrected chi connectivity index (χ2v) is 8.74. The lowest BCUT2D eigenvalue weighted by atomic mass is 10.1. The predicted molar refractivity (Wildman–Crippen MR) is 134 cm³/mol. The summed E-state index contributed by atoms with van der Waals surface area (Å²) in [4.78, 5) is 29.4. The van der Waals surface area contributed by atoms with Gasteiger partial charge < -0.3 is 25.2 Å². The Balaban J connectivity index is 0.000000636. The third-order valence-corrected chi connectivity index (χ3v) is 5.82. The van der Waals surface area contributed by atoms with Crippen molar-refractivity contribution in [3.8, 4) is 11.3 Å². The molecule has 0 saturated heterocycles. The number of hydrogen-bond donors (Lipinski definition) is 2. The van der Waals surface area contributed by atoms with Crippen LogP contribution < -0.4 is 16.4 Å². The van der Waals surface area contributed by atoms with Gasteiger partial charge in [0.1, 0.15) is 5.69 Å². The van der Waals surface area contributed by atoms with Gasteiger partial charge in [-0.15, -0.1) is 0 Å². The molecule has 0 saturated carbocycles. The number of carboxylic acids is 1. The molecule has 0 amide bonds. The van der Waals surface area contributed by atoms with Crippen molar-refractivity contribution in [2.75, 3.05) is 0 Å². The summed E-state index contributed by atoms with van der Waals surface area (Å²) < 4.78 is 3.14. The number of H-pyrrole nitrogens is 1. The van der Waals surface area contributed by atoms with Crippen molar-refractivity contribution in [2.45, 2.75) is 20.0 Å². The van der Waals surface area contributed by atoms with E-state index >= 15 is 0 Å². The summed E-state index contributed by atoms with van der Waals surface area (Å²) in [6, 6.07) is 22.2. The quantitative estimate of drug-likeness (QED) is 0.380. The van der Waals surface area contributed by atoms with Crippen molar-refractivity contribution < 1.29 is 15.6 Å². The lowest BCUT2D eigenvalue weighted by Gasteiger charge is -2.07. The molecule has 0 atom stereocenters. The second-order valence-electron chi connectivity index (χ2n) is 7.83. The van der Waals surface area contributed by atoms with Crippen molar-refractivity contribution in [1.29, 1.82) is 0 Å². The molecule has 0 aliphatic heterocycles. The minimum atomic E-state index is -1.08. The molecule has 172 valence electrons. The zero-order chi connectivity index (χ0) is 24.2. The number of carbonyl (C=O) groups excluding carboxylic acids is 1. The van der Waals surface area contributed by atoms with Gasteiger partial charge in [-0.25, -0.2) is 4.98 Å². The zero-order valence-corrected chi connectivity index (χ0v) is 20.1. The fourth-order valence-corrected chi connectivity index (χ4v) is 4.24. The van der Waals surface area contributed by atoms with Crippen molar-refractivity contribution in [3.63, 3.8) is 0 Å². The number of quaternary nitrogens is 1. The van der Waals surface area contributed by atoms with E-state index in [2.05, 4.69) is 61.5 Å². The second kappa shape index (κ2) is 10.0. The fourth-order valence-electron chi connectivity index (χ4n) is 3.88. The number of fused-ring (bicyclic) bond motifs is 2. The van der Waals surface area contributed by atoms with E-state index in [-0.39, 0.29) is 5.56 Å². The molecule has 0 radical (unpaired) electrons. The van der Waals surface area contributed by atoms with Gasteiger partial charge in [-0.1, -0.05) is 46.3 Å². The highest BCUT2D eigenvalue weighted by molar-refractivity contribution is 9.10. The Labute approximate surface area is 204 Å². The Kier molecular flexibility index (Phi) is 6.90. The summed E-state index contributed by atoms with van der Waals surface area (Å²) in [5, 5.41) is 9.88. The van der Waals surface area contributed by atoms with E-state index in [0.29, 0.717) is 12.2 Å². The van der Waals surface area contributed by atoms with Gasteiger partial charge in [0.25, 0.3) is 5.56 Å². The molecule has 4 N–H and O–H groups in total. The number of para-hydroxylation sites is 2. The summed E-state index contributed by atoms with van der Waals surface area (Å²) in [5.74, 6) is -1.08. The van der Waals surface area contributed by atoms with Gasteiger partial charge >= 0.3 is 0 Å². The molecule has 5 rings (SSSR count). The van der Waals surface area contributed by atoms with Gasteiger partial charge in [0.2, 0.25) is 0 Å². The average Bonchev–Trinajstić information content (AvgIpc) is 3.15. The van der Waals surface area contributed by atoms with Crippen molar-refractivity contribution in [1.82, 2.24) is 14.5 Å². The molecule has 0 unspecified atom stereocenters. The first-order valence-electron chi connectivity index (χ1n) is 10.7. The van der Waals surface area contributed by atoms with E-state index in [1.165, 1.54) is 11.1 Å². The number of aliphatic carboxylic acids is 1. The van der Waals surface area contributed by atoms with E-state index in [1.807, 2.05) is 42.6 Å². The number of carbonyl (C=O) groups is 1. The van der Waals surface area contributed by atoms with Crippen LogP contribution in [-0.2, 0) is 17.9 Å². The molecule has 0 spiro atoms. The van der Waals surface area contributed by atoms with Crippen LogP contribution in [0.15, 0.2) is 82.2 Å². The van der Waals surface area contributed by atoms with Crippen LogP contribution in [0.25, 0.3) is 33.2 Å². The van der Waals surface area contributed by atoms with Gasteiger partial charge in [0.05, 0.1) is 17.6 Å². The summed E-state index contributed by atoms with van der Waals surface area (Å²) in [5.41, 5.74) is 10.0. The van der Waals surface area contributed by atoms with Crippen LogP contribution in [0.2, 0.25) is 0 Å². The van der Waals surface area contributed by atoms with Crippen LogP contribution >= 0.6 is 15.9 Å². The van der Waals surface area contributed by atoms with E-state index < -0.39 is 5.97 Å². The highest BCUT2D eigenvalue weighted by Gasteiger charge is 2.16. The summed E-state index contributed by atoms with van der Waals surface area (Å²) >= 11 is 3.57. The number of aromatic amines is 1. The minimum Gasteiger partial charge on any atom is -0.550 e. The number of aromatic nitrogens is 3. The summed E-state index contributed by atoms with van der Waals surface area (Å²) in [6.07, 6.45) is 2.03. The molecule has 0 bridgehead atoms. The molecule has 34 heavy (non-hydrogen) atoms. The molecular formula is C26H23BrN4O3. The molecule has 0 aliphatic rings. The van der Waals surface area contributed by atoms with Crippen LogP contribution in [0.3, 0.4) is 0 Å². The molecule has 2 heterocycles. The van der Waals surface area contributed by atoms with Crippen molar-refractivity contribution >= 4 is 43.8 Å². The first-order valence-corrected chi connectivity index (χ1v) is 11.5. The Morgan fingerprint density at radius 1 is 1.09 bits per heavy atom. The molecule has 0 fully saturated rings. The monoisotopic (exact) mass is 518 g/mol. The Morgan fingerprint density at radius 3 is 2.59 bits per heavy atom. The van der Waals surface area contributed by atoms with Crippen LogP contribution in [0.1, 0.15) is 18.1 Å². The number of carboxylic acid groups (broad SMARTS) is 1. The Hall–Kier alpha value is -3.75. The predicted octanol–water partition coefficient (Wildman–Crippen LogP) is 2.85. The largest absolute Gasteiger partial charge is 0.550 e. The van der Waals surface area contributed by atoms with Gasteiger partial charge in [0, 0.05) is 45.2 Å². The van der Waals surface area contributed by atoms with Crippen LogP contribution in [-0.4, -0.2) is 20.5 Å². The normalized spacial score (nSPS) is 10.8. The SMILES string of the molecule is CC(=O)[O-].[NH3+]Cc1cccc(Cn2cc(-c3nc4ccccc4[nH]c3=O)c3cc(Br)ccc32)c1. The average molecular weight is 519 g/mol. The first-order chi connectivity index (χ1) is 16.4. The third kappa shape index (κ3) is 5.08. The number of halogens is 1. The summed E-state index contributed by atoms with van der Waals surface area (Å²) in [7, 11) is 0. The highest BCUT2D eigenvalue weighted by atomic mass is 79.9. The van der Waals surface area contributed by atoms with Crippen LogP contribution in [0, 0.1) is 0 Å². The minimum absolute atomic E-state index is 0.188. The molecular weight excluding hydrogens is 496 g/mol. The van der Waals surface area contributed by atoms with Crippen LogP contribution in [0.5, 0.6) is 0 Å². The molecule has 7 nitrogen and oxygen atoms in total. The maximum Gasteiger partial charge on any atom is 0.275 e. The third-order valence-electron chi connectivity index (χ3n) is 5.33. The van der Waals surface area contributed by atoms with Crippen molar-refractivity contribution in [2.24, 2.45) is 0 Å². The van der Waals surface area contributed by atoms with Gasteiger partial charge in [-0.3, -0.25) is 4.79 Å².